The molecule has 7 nitrogen and oxygen atoms in total. The summed E-state index contributed by atoms with van der Waals surface area (Å²) in [4.78, 5) is 42.3. The Kier molecular flexibility index (Phi) is 9.04. The third-order valence-electron chi connectivity index (χ3n) is 13.9. The summed E-state index contributed by atoms with van der Waals surface area (Å²) in [7, 11) is 0. The molecule has 42 heavy (non-hydrogen) atoms. The Morgan fingerprint density at radius 1 is 0.929 bits per heavy atom. The van der Waals surface area contributed by atoms with Crippen LogP contribution >= 0.6 is 0 Å². The molecular formula is C34H50KNO6. The van der Waals surface area contributed by atoms with Crippen LogP contribution in [0.25, 0.3) is 0 Å². The third-order valence-corrected chi connectivity index (χ3v) is 13.9. The van der Waals surface area contributed by atoms with Crippen molar-refractivity contribution in [1.29, 1.82) is 0 Å². The van der Waals surface area contributed by atoms with Gasteiger partial charge >= 0.3 is 63.3 Å². The third kappa shape index (κ3) is 4.96. The van der Waals surface area contributed by atoms with Crippen molar-refractivity contribution in [1.82, 2.24) is 0 Å². The number of hydrogen-bond acceptors (Lipinski definition) is 5. The van der Waals surface area contributed by atoms with Gasteiger partial charge in [0, 0.05) is 12.3 Å². The molecule has 0 aliphatic heterocycles. The van der Waals surface area contributed by atoms with Gasteiger partial charge in [-0.15, -0.1) is 0 Å². The van der Waals surface area contributed by atoms with Gasteiger partial charge in [-0.25, -0.2) is 0 Å². The summed E-state index contributed by atoms with van der Waals surface area (Å²) in [5.74, 6) is -1.66. The molecule has 0 saturated heterocycles. The van der Waals surface area contributed by atoms with Crippen LogP contribution in [0.2, 0.25) is 0 Å². The molecular weight excluding hydrogens is 557 g/mol. The Labute approximate surface area is 294 Å². The van der Waals surface area contributed by atoms with E-state index < -0.39 is 17.4 Å². The molecule has 5 aliphatic rings. The zero-order chi connectivity index (χ0) is 30.4. The molecule has 0 radical (unpaired) electrons. The molecule has 9 atom stereocenters. The zero-order valence-electron chi connectivity index (χ0n) is 27.1. The average Bonchev–Trinajstić information content (AvgIpc) is 2.86. The first-order valence-electron chi connectivity index (χ1n) is 15.8. The van der Waals surface area contributed by atoms with Crippen molar-refractivity contribution in [2.45, 2.75) is 125 Å². The number of aliphatic imine (C=N–C) groups is 1. The fourth-order valence-electron chi connectivity index (χ4n) is 11.0. The molecule has 0 spiro atoms. The predicted octanol–water partition coefficient (Wildman–Crippen LogP) is 3.05. The number of carboxylic acids is 2. The van der Waals surface area contributed by atoms with Crippen LogP contribution in [0.5, 0.6) is 0 Å². The predicted molar refractivity (Wildman–Crippen MR) is 155 cm³/mol. The normalized spacial score (nSPS) is 46.1. The quantitative estimate of drug-likeness (QED) is 0.281. The largest absolute Gasteiger partial charge is 1.00 e. The Morgan fingerprint density at radius 3 is 2.19 bits per heavy atom. The van der Waals surface area contributed by atoms with Gasteiger partial charge in [-0.05, 0) is 122 Å². The molecule has 2 N–H and O–H groups in total. The van der Waals surface area contributed by atoms with Gasteiger partial charge in [0.1, 0.15) is 0 Å². The van der Waals surface area contributed by atoms with E-state index in [1.54, 1.807) is 0 Å². The second-order valence-corrected chi connectivity index (χ2v) is 16.4. The van der Waals surface area contributed by atoms with E-state index in [1.165, 1.54) is 5.57 Å². The Morgan fingerprint density at radius 2 is 1.57 bits per heavy atom. The Hall–Kier alpha value is -0.544. The van der Waals surface area contributed by atoms with Gasteiger partial charge in [0.2, 0.25) is 0 Å². The molecule has 8 heteroatoms. The molecule has 0 heterocycles. The Balaban J connectivity index is 0.00000405. The summed E-state index contributed by atoms with van der Waals surface area (Å²) >= 11 is 0. The van der Waals surface area contributed by atoms with Gasteiger partial charge in [-0.3, -0.25) is 14.4 Å². The maximum Gasteiger partial charge on any atom is 1.00 e. The van der Waals surface area contributed by atoms with E-state index in [0.29, 0.717) is 19.3 Å². The second kappa shape index (κ2) is 11.1. The second-order valence-electron chi connectivity index (χ2n) is 16.4. The number of hydrogen-bond donors (Lipinski definition) is 2. The fraction of sp³-hybridized carbons (Fsp3) is 0.824. The summed E-state index contributed by atoms with van der Waals surface area (Å²) in [6.07, 6.45) is 9.35. The molecule has 0 unspecified atom stereocenters. The van der Waals surface area contributed by atoms with Gasteiger partial charge in [0.25, 0.3) is 0 Å². The minimum Gasteiger partial charge on any atom is -0.862 e. The van der Waals surface area contributed by atoms with Crippen LogP contribution in [0.3, 0.4) is 0 Å². The van der Waals surface area contributed by atoms with Crippen molar-refractivity contribution in [3.05, 3.63) is 11.6 Å². The van der Waals surface area contributed by atoms with Crippen LogP contribution in [0, 0.1) is 50.2 Å². The van der Waals surface area contributed by atoms with E-state index in [1.807, 2.05) is 13.0 Å². The van der Waals surface area contributed by atoms with Crippen LogP contribution in [-0.2, 0) is 14.4 Å². The van der Waals surface area contributed by atoms with Gasteiger partial charge in [0.05, 0.1) is 11.5 Å². The summed E-state index contributed by atoms with van der Waals surface area (Å²) in [6.45, 7) is 15.6. The number of carbonyl (C=O) groups is 3. The van der Waals surface area contributed by atoms with Gasteiger partial charge in [0.15, 0.2) is 5.78 Å². The maximum absolute atomic E-state index is 14.5. The first kappa shape index (κ1) is 34.3. The van der Waals surface area contributed by atoms with E-state index in [9.17, 15) is 24.6 Å². The molecule has 0 aromatic carbocycles. The minimum atomic E-state index is -0.990. The molecule has 0 amide bonds. The van der Waals surface area contributed by atoms with Crippen molar-refractivity contribution in [3.63, 3.8) is 0 Å². The average molecular weight is 608 g/mol. The van der Waals surface area contributed by atoms with Crippen LogP contribution < -0.4 is 56.5 Å². The first-order valence-corrected chi connectivity index (χ1v) is 15.8. The maximum atomic E-state index is 14.5. The van der Waals surface area contributed by atoms with E-state index in [-0.39, 0.29) is 127 Å². The van der Waals surface area contributed by atoms with Crippen LogP contribution in [0.15, 0.2) is 16.6 Å². The summed E-state index contributed by atoms with van der Waals surface area (Å²) < 4.78 is 0. The molecule has 0 aromatic heterocycles. The topological polar surface area (TPSA) is 127 Å². The van der Waals surface area contributed by atoms with Crippen molar-refractivity contribution in [3.8, 4) is 0 Å². The Bertz CT molecular complexity index is 1230. The van der Waals surface area contributed by atoms with E-state index in [4.69, 9.17) is 5.11 Å². The van der Waals surface area contributed by atoms with Crippen molar-refractivity contribution >= 4 is 23.6 Å². The molecule has 0 bridgehead atoms. The van der Waals surface area contributed by atoms with E-state index in [2.05, 4.69) is 46.5 Å². The molecule has 5 aliphatic carbocycles. The summed E-state index contributed by atoms with van der Waals surface area (Å²) in [6, 6.07) is -0.182. The standard InChI is InChI=1S/C34H51NO6.K/c1-29(2)23-10-13-34(7)27(32(23,5)12-11-24(29)35-25(37)8-9-26(38)39)22(36)18-20-21-19-31(4,28(40)41)15-14-30(21,3)16-17-33(20,34)6;/h18,21,23-24,27H,8-17,19H2,1-7H3,(H,35,37)(H,38,39)(H,40,41);/q;+1/p-1/t21-,23-,24-,27+,30+,31-,32-,33+,34+;/m0./s1. The SMILES string of the molecule is CC1(C)[C@@H](N=C([O-])CCC(=O)O)CC[C@]2(C)[C@H]3C(=O)C=C4[C@@H]5C[C@@](C)(C(=O)O)CC[C@]5(C)CC[C@@]4(C)[C@]3(C)CC[C@@H]12.[K+]. The number of nitrogens with zero attached hydrogens (tertiary/aromatic N) is 1. The van der Waals surface area contributed by atoms with Gasteiger partial charge < -0.3 is 20.3 Å². The monoisotopic (exact) mass is 607 g/mol. The molecule has 4 fully saturated rings. The number of rotatable bonds is 5. The number of carboxylic acid groups (broad SMARTS) is 2. The van der Waals surface area contributed by atoms with E-state index in [0.717, 1.165) is 38.5 Å². The molecule has 4 saturated carbocycles. The molecule has 228 valence electrons. The zero-order valence-corrected chi connectivity index (χ0v) is 30.3. The number of fused-ring (bicyclic) bond motifs is 7. The van der Waals surface area contributed by atoms with Crippen molar-refractivity contribution < 1.29 is 81.1 Å². The van der Waals surface area contributed by atoms with Crippen LogP contribution in [0.4, 0.5) is 0 Å². The van der Waals surface area contributed by atoms with Crippen LogP contribution in [-0.4, -0.2) is 39.9 Å². The number of carbonyl (C=O) groups excluding carboxylic acids is 1. The van der Waals surface area contributed by atoms with Gasteiger partial charge in [-0.2, -0.15) is 0 Å². The van der Waals surface area contributed by atoms with Crippen molar-refractivity contribution in [2.75, 3.05) is 0 Å². The minimum absolute atomic E-state index is 0. The van der Waals surface area contributed by atoms with Crippen LogP contribution in [0.1, 0.15) is 119 Å². The number of allylic oxidation sites excluding steroid dienone is 2. The fourth-order valence-corrected chi connectivity index (χ4v) is 11.0. The summed E-state index contributed by atoms with van der Waals surface area (Å²) in [5.41, 5.74) is -0.445. The molecule has 0 aromatic rings. The molecule has 5 rings (SSSR count). The number of ketones is 1. The van der Waals surface area contributed by atoms with E-state index >= 15 is 0 Å². The van der Waals surface area contributed by atoms with Gasteiger partial charge in [-0.1, -0.05) is 47.1 Å². The number of aliphatic carboxylic acids is 2. The first-order chi connectivity index (χ1) is 18.8. The summed E-state index contributed by atoms with van der Waals surface area (Å²) in [5, 5.41) is 31.7. The van der Waals surface area contributed by atoms with Crippen molar-refractivity contribution in [2.24, 2.45) is 55.2 Å². The smallest absolute Gasteiger partial charge is 0.862 e.